The molecular formula is C24H20BrF3N2O2. The van der Waals surface area contributed by atoms with Gasteiger partial charge in [-0.1, -0.05) is 34.1 Å². The van der Waals surface area contributed by atoms with E-state index in [9.17, 15) is 22.8 Å². The third-order valence-electron chi connectivity index (χ3n) is 5.80. The fourth-order valence-corrected chi connectivity index (χ4v) is 4.63. The fraction of sp³-hybridized carbons (Fsp3) is 0.292. The van der Waals surface area contributed by atoms with Crippen LogP contribution >= 0.6 is 15.9 Å². The Morgan fingerprint density at radius 2 is 1.84 bits per heavy atom. The van der Waals surface area contributed by atoms with Crippen molar-refractivity contribution in [3.05, 3.63) is 75.4 Å². The van der Waals surface area contributed by atoms with Gasteiger partial charge in [0.05, 0.1) is 11.5 Å². The Hall–Kier alpha value is -2.74. The van der Waals surface area contributed by atoms with Gasteiger partial charge < -0.3 is 5.32 Å². The zero-order valence-corrected chi connectivity index (χ0v) is 18.8. The van der Waals surface area contributed by atoms with E-state index in [-0.39, 0.29) is 11.5 Å². The minimum Gasteiger partial charge on any atom is -0.325 e. The normalized spacial score (nSPS) is 21.2. The second-order valence-electron chi connectivity index (χ2n) is 7.96. The van der Waals surface area contributed by atoms with E-state index in [4.69, 9.17) is 0 Å². The first-order valence-electron chi connectivity index (χ1n) is 10.2. The van der Waals surface area contributed by atoms with Gasteiger partial charge >= 0.3 is 6.18 Å². The number of allylic oxidation sites excluding steroid dienone is 2. The Kier molecular flexibility index (Phi) is 6.07. The van der Waals surface area contributed by atoms with Crippen molar-refractivity contribution in [3.63, 3.8) is 0 Å². The summed E-state index contributed by atoms with van der Waals surface area (Å²) in [4.78, 5) is 30.8. The number of Topliss-reactive ketones (excluding diaryl/α,β-unsaturated/α-hetero) is 1. The predicted molar refractivity (Wildman–Crippen MR) is 119 cm³/mol. The summed E-state index contributed by atoms with van der Waals surface area (Å²) in [6, 6.07) is 11.9. The van der Waals surface area contributed by atoms with Crippen LogP contribution < -0.4 is 5.32 Å². The van der Waals surface area contributed by atoms with Crippen LogP contribution in [0, 0.1) is 5.92 Å². The van der Waals surface area contributed by atoms with Crippen LogP contribution in [0.4, 0.5) is 18.9 Å². The molecule has 1 aliphatic carbocycles. The molecule has 2 atom stereocenters. The molecule has 0 saturated carbocycles. The van der Waals surface area contributed by atoms with Crippen molar-refractivity contribution in [1.29, 1.82) is 0 Å². The number of carbonyl (C=O) groups is 2. The van der Waals surface area contributed by atoms with Gasteiger partial charge in [0.1, 0.15) is 0 Å². The quantitative estimate of drug-likeness (QED) is 0.533. The van der Waals surface area contributed by atoms with Crippen LogP contribution in [0.2, 0.25) is 0 Å². The number of alkyl halides is 3. The SMILES string of the molecule is CC1=NC2=C(C(=O)CCC2)[C@H](c2ccc(Br)cc2)C1C(=O)Nc1cccc(C(F)(F)F)c1. The molecule has 0 saturated heterocycles. The highest BCUT2D eigenvalue weighted by Crippen LogP contribution is 2.43. The number of benzene rings is 2. The van der Waals surface area contributed by atoms with Crippen LogP contribution in [0.1, 0.15) is 43.2 Å². The Morgan fingerprint density at radius 1 is 1.12 bits per heavy atom. The summed E-state index contributed by atoms with van der Waals surface area (Å²) in [5.74, 6) is -1.89. The lowest BCUT2D eigenvalue weighted by atomic mass is 9.71. The standard InChI is InChI=1S/C24H20BrF3N2O2/c1-13-20(23(32)30-17-5-2-4-15(12-17)24(26,27)28)21(14-8-10-16(25)11-9-14)22-18(29-13)6-3-7-19(22)31/h2,4-5,8-12,20-21H,3,6-7H2,1H3,(H,30,32)/t20?,21-/m1/s1. The molecule has 1 amide bonds. The molecule has 4 rings (SSSR count). The van der Waals surface area contributed by atoms with E-state index in [0.29, 0.717) is 36.2 Å². The van der Waals surface area contributed by atoms with Crippen LogP contribution in [0.15, 0.2) is 69.3 Å². The van der Waals surface area contributed by atoms with Crippen LogP contribution in [0.5, 0.6) is 0 Å². The number of halogens is 4. The fourth-order valence-electron chi connectivity index (χ4n) is 4.37. The first kappa shape index (κ1) is 22.5. The molecule has 32 heavy (non-hydrogen) atoms. The van der Waals surface area contributed by atoms with E-state index in [1.807, 2.05) is 24.3 Å². The molecule has 1 heterocycles. The summed E-state index contributed by atoms with van der Waals surface area (Å²) in [6.07, 6.45) is -2.75. The van der Waals surface area contributed by atoms with Crippen molar-refractivity contribution in [2.75, 3.05) is 5.32 Å². The number of amides is 1. The number of nitrogens with zero attached hydrogens (tertiary/aromatic N) is 1. The van der Waals surface area contributed by atoms with Gasteiger partial charge in [-0.05, 0) is 55.7 Å². The summed E-state index contributed by atoms with van der Waals surface area (Å²) in [5, 5.41) is 2.61. The molecule has 8 heteroatoms. The third-order valence-corrected chi connectivity index (χ3v) is 6.33. The van der Waals surface area contributed by atoms with Crippen LogP contribution in [-0.2, 0) is 15.8 Å². The highest BCUT2D eigenvalue weighted by molar-refractivity contribution is 9.10. The molecule has 0 fully saturated rings. The largest absolute Gasteiger partial charge is 0.416 e. The van der Waals surface area contributed by atoms with Crippen molar-refractivity contribution < 1.29 is 22.8 Å². The van der Waals surface area contributed by atoms with Gasteiger partial charge in [0.2, 0.25) is 5.91 Å². The molecular weight excluding hydrogens is 485 g/mol. The Morgan fingerprint density at radius 3 is 2.53 bits per heavy atom. The topological polar surface area (TPSA) is 58.5 Å². The number of carbonyl (C=O) groups excluding carboxylic acids is 2. The molecule has 2 aromatic carbocycles. The Bertz CT molecular complexity index is 1140. The number of ketones is 1. The second-order valence-corrected chi connectivity index (χ2v) is 8.88. The molecule has 1 N–H and O–H groups in total. The molecule has 2 aromatic rings. The first-order chi connectivity index (χ1) is 15.1. The van der Waals surface area contributed by atoms with Crippen LogP contribution in [0.3, 0.4) is 0 Å². The van der Waals surface area contributed by atoms with Gasteiger partial charge in [-0.15, -0.1) is 0 Å². The van der Waals surface area contributed by atoms with E-state index in [2.05, 4.69) is 26.2 Å². The van der Waals surface area contributed by atoms with Gasteiger partial charge in [-0.3, -0.25) is 14.6 Å². The molecule has 2 aliphatic rings. The van der Waals surface area contributed by atoms with E-state index >= 15 is 0 Å². The van der Waals surface area contributed by atoms with E-state index < -0.39 is 29.5 Å². The second kappa shape index (κ2) is 8.65. The average molecular weight is 505 g/mol. The highest BCUT2D eigenvalue weighted by atomic mass is 79.9. The highest BCUT2D eigenvalue weighted by Gasteiger charge is 2.42. The van der Waals surface area contributed by atoms with Gasteiger partial charge in [0.15, 0.2) is 5.78 Å². The number of nitrogens with one attached hydrogen (secondary N) is 1. The van der Waals surface area contributed by atoms with Gasteiger partial charge in [0, 0.05) is 39.5 Å². The first-order valence-corrected chi connectivity index (χ1v) is 11.0. The van der Waals surface area contributed by atoms with E-state index in [1.54, 1.807) is 6.92 Å². The zero-order chi connectivity index (χ0) is 23.0. The molecule has 0 spiro atoms. The Balaban J connectivity index is 1.73. The minimum absolute atomic E-state index is 0.0349. The summed E-state index contributed by atoms with van der Waals surface area (Å²) in [7, 11) is 0. The minimum atomic E-state index is -4.52. The monoisotopic (exact) mass is 504 g/mol. The van der Waals surface area contributed by atoms with Crippen LogP contribution in [0.25, 0.3) is 0 Å². The predicted octanol–water partition coefficient (Wildman–Crippen LogP) is 6.29. The van der Waals surface area contributed by atoms with Crippen molar-refractivity contribution >= 4 is 39.0 Å². The molecule has 0 aromatic heterocycles. The third kappa shape index (κ3) is 4.41. The van der Waals surface area contributed by atoms with Crippen molar-refractivity contribution in [2.24, 2.45) is 10.9 Å². The van der Waals surface area contributed by atoms with Gasteiger partial charge in [-0.2, -0.15) is 13.2 Å². The van der Waals surface area contributed by atoms with E-state index in [0.717, 1.165) is 22.2 Å². The maximum Gasteiger partial charge on any atom is 0.416 e. The van der Waals surface area contributed by atoms with Crippen molar-refractivity contribution in [3.8, 4) is 0 Å². The summed E-state index contributed by atoms with van der Waals surface area (Å²) >= 11 is 3.40. The van der Waals surface area contributed by atoms with Crippen molar-refractivity contribution in [1.82, 2.24) is 0 Å². The average Bonchev–Trinajstić information content (AvgIpc) is 2.73. The van der Waals surface area contributed by atoms with Gasteiger partial charge in [-0.25, -0.2) is 0 Å². The lowest BCUT2D eigenvalue weighted by Crippen LogP contribution is -2.39. The number of rotatable bonds is 3. The molecule has 4 nitrogen and oxygen atoms in total. The van der Waals surface area contributed by atoms with Crippen molar-refractivity contribution in [2.45, 2.75) is 38.3 Å². The van der Waals surface area contributed by atoms with Crippen LogP contribution in [-0.4, -0.2) is 17.4 Å². The maximum atomic E-state index is 13.4. The van der Waals surface area contributed by atoms with E-state index in [1.165, 1.54) is 12.1 Å². The smallest absolute Gasteiger partial charge is 0.325 e. The molecule has 1 aliphatic heterocycles. The Labute approximate surface area is 191 Å². The maximum absolute atomic E-state index is 13.4. The summed E-state index contributed by atoms with van der Waals surface area (Å²) < 4.78 is 40.1. The number of hydrogen-bond donors (Lipinski definition) is 1. The van der Waals surface area contributed by atoms with Gasteiger partial charge in [0.25, 0.3) is 0 Å². The zero-order valence-electron chi connectivity index (χ0n) is 17.2. The lowest BCUT2D eigenvalue weighted by Gasteiger charge is -2.35. The molecule has 0 radical (unpaired) electrons. The number of hydrogen-bond acceptors (Lipinski definition) is 3. The lowest BCUT2D eigenvalue weighted by molar-refractivity contribution is -0.137. The number of anilines is 1. The number of aliphatic imine (C=N–C) groups is 1. The molecule has 1 unspecified atom stereocenters. The molecule has 166 valence electrons. The summed E-state index contributed by atoms with van der Waals surface area (Å²) in [5.41, 5.74) is 1.76. The summed E-state index contributed by atoms with van der Waals surface area (Å²) in [6.45, 7) is 1.73. The molecule has 0 bridgehead atoms.